The van der Waals surface area contributed by atoms with Crippen LogP contribution in [0.5, 0.6) is 0 Å². The van der Waals surface area contributed by atoms with Crippen LogP contribution in [0, 0.1) is 12.7 Å². The predicted molar refractivity (Wildman–Crippen MR) is 65.0 cm³/mol. The van der Waals surface area contributed by atoms with E-state index in [9.17, 15) is 17.9 Å². The summed E-state index contributed by atoms with van der Waals surface area (Å²) in [6.07, 6.45) is -0.201. The number of halogens is 1. The first-order valence-corrected chi connectivity index (χ1v) is 7.10. The van der Waals surface area contributed by atoms with E-state index in [-0.39, 0.29) is 5.56 Å². The van der Waals surface area contributed by atoms with Gasteiger partial charge >= 0.3 is 0 Å². The van der Waals surface area contributed by atoms with Gasteiger partial charge in [-0.3, -0.25) is 0 Å². The molecule has 3 nitrogen and oxygen atoms in total. The summed E-state index contributed by atoms with van der Waals surface area (Å²) < 4.78 is 35.1. The highest BCUT2D eigenvalue weighted by molar-refractivity contribution is 7.92. The molecule has 1 atom stereocenters. The molecule has 0 fully saturated rings. The molecule has 0 radical (unpaired) electrons. The monoisotopic (exact) mass is 260 g/mol. The standard InChI is InChI=1S/C12H17FO3S/c1-8-5-6-9(7-10(8)13)11(14)12(2,3)17(4,15)16/h5-7,11,14H,1-4H3. The van der Waals surface area contributed by atoms with Crippen LogP contribution in [-0.4, -0.2) is 24.5 Å². The Labute approximate surface area is 101 Å². The van der Waals surface area contributed by atoms with Gasteiger partial charge in [-0.25, -0.2) is 12.8 Å². The molecule has 17 heavy (non-hydrogen) atoms. The number of hydrogen-bond acceptors (Lipinski definition) is 3. The van der Waals surface area contributed by atoms with Crippen LogP contribution in [0.4, 0.5) is 4.39 Å². The molecule has 0 saturated heterocycles. The fourth-order valence-electron chi connectivity index (χ4n) is 1.38. The molecule has 0 amide bonds. The van der Waals surface area contributed by atoms with Crippen LogP contribution in [-0.2, 0) is 9.84 Å². The van der Waals surface area contributed by atoms with Crippen molar-refractivity contribution in [3.05, 3.63) is 35.1 Å². The molecular weight excluding hydrogens is 243 g/mol. The lowest BCUT2D eigenvalue weighted by Gasteiger charge is -2.29. The van der Waals surface area contributed by atoms with Crippen molar-refractivity contribution >= 4 is 9.84 Å². The van der Waals surface area contributed by atoms with Gasteiger partial charge in [0, 0.05) is 6.26 Å². The quantitative estimate of drug-likeness (QED) is 0.904. The number of sulfone groups is 1. The van der Waals surface area contributed by atoms with E-state index in [4.69, 9.17) is 0 Å². The van der Waals surface area contributed by atoms with Gasteiger partial charge in [-0.1, -0.05) is 12.1 Å². The zero-order valence-corrected chi connectivity index (χ0v) is 11.2. The first kappa shape index (κ1) is 14.1. The fourth-order valence-corrected chi connectivity index (χ4v) is 1.92. The number of aliphatic hydroxyl groups is 1. The van der Waals surface area contributed by atoms with Crippen molar-refractivity contribution in [2.75, 3.05) is 6.26 Å². The first-order chi connectivity index (χ1) is 7.57. The second-order valence-electron chi connectivity index (χ2n) is 4.79. The van der Waals surface area contributed by atoms with Crippen LogP contribution in [0.1, 0.15) is 31.1 Å². The Bertz CT molecular complexity index is 521. The van der Waals surface area contributed by atoms with Crippen LogP contribution < -0.4 is 0 Å². The average molecular weight is 260 g/mol. The topological polar surface area (TPSA) is 54.4 Å². The fraction of sp³-hybridized carbons (Fsp3) is 0.500. The summed E-state index contributed by atoms with van der Waals surface area (Å²) in [6, 6.07) is 4.23. The highest BCUT2D eigenvalue weighted by Crippen LogP contribution is 2.32. The molecule has 1 aromatic rings. The second-order valence-corrected chi connectivity index (χ2v) is 7.38. The van der Waals surface area contributed by atoms with Gasteiger partial charge in [0.05, 0.1) is 10.9 Å². The SMILES string of the molecule is Cc1ccc(C(O)C(C)(C)S(C)(=O)=O)cc1F. The highest BCUT2D eigenvalue weighted by atomic mass is 32.2. The number of aryl methyl sites for hydroxylation is 1. The van der Waals surface area contributed by atoms with E-state index in [1.807, 2.05) is 0 Å². The Morgan fingerprint density at radius 2 is 1.88 bits per heavy atom. The summed E-state index contributed by atoms with van der Waals surface area (Å²) in [4.78, 5) is 0. The largest absolute Gasteiger partial charge is 0.387 e. The number of aliphatic hydroxyl groups excluding tert-OH is 1. The van der Waals surface area contributed by atoms with E-state index in [0.717, 1.165) is 6.26 Å². The molecule has 1 unspecified atom stereocenters. The Morgan fingerprint density at radius 1 is 1.35 bits per heavy atom. The Kier molecular flexibility index (Phi) is 3.64. The summed E-state index contributed by atoms with van der Waals surface area (Å²) >= 11 is 0. The minimum atomic E-state index is -3.45. The average Bonchev–Trinajstić information content (AvgIpc) is 2.19. The summed E-state index contributed by atoms with van der Waals surface area (Å²) in [5.74, 6) is -0.453. The normalized spacial score (nSPS) is 14.7. The third kappa shape index (κ3) is 2.66. The molecule has 0 heterocycles. The molecule has 96 valence electrons. The van der Waals surface area contributed by atoms with Gasteiger partial charge in [-0.2, -0.15) is 0 Å². The van der Waals surface area contributed by atoms with E-state index >= 15 is 0 Å². The van der Waals surface area contributed by atoms with Crippen molar-refractivity contribution in [1.82, 2.24) is 0 Å². The third-order valence-corrected chi connectivity index (χ3v) is 5.26. The van der Waals surface area contributed by atoms with Crippen molar-refractivity contribution in [2.24, 2.45) is 0 Å². The molecule has 0 saturated carbocycles. The van der Waals surface area contributed by atoms with Gasteiger partial charge in [-0.05, 0) is 38.0 Å². The smallest absolute Gasteiger partial charge is 0.155 e. The molecule has 0 aliphatic heterocycles. The maximum absolute atomic E-state index is 13.4. The molecule has 0 spiro atoms. The van der Waals surface area contributed by atoms with Crippen molar-refractivity contribution in [2.45, 2.75) is 31.6 Å². The number of benzene rings is 1. The summed E-state index contributed by atoms with van der Waals surface area (Å²) in [6.45, 7) is 4.45. The third-order valence-electron chi connectivity index (χ3n) is 3.13. The highest BCUT2D eigenvalue weighted by Gasteiger charge is 2.39. The summed E-state index contributed by atoms with van der Waals surface area (Å²) in [5.41, 5.74) is 0.724. The van der Waals surface area contributed by atoms with Crippen molar-refractivity contribution < 1.29 is 17.9 Å². The van der Waals surface area contributed by atoms with Gasteiger partial charge in [0.2, 0.25) is 0 Å². The van der Waals surface area contributed by atoms with Crippen molar-refractivity contribution in [1.29, 1.82) is 0 Å². The first-order valence-electron chi connectivity index (χ1n) is 5.21. The Morgan fingerprint density at radius 3 is 2.29 bits per heavy atom. The second kappa shape index (κ2) is 4.38. The van der Waals surface area contributed by atoms with Gasteiger partial charge in [0.15, 0.2) is 9.84 Å². The summed E-state index contributed by atoms with van der Waals surface area (Å²) in [7, 11) is -3.45. The van der Waals surface area contributed by atoms with Gasteiger partial charge in [-0.15, -0.1) is 0 Å². The van der Waals surface area contributed by atoms with E-state index in [1.165, 1.54) is 32.0 Å². The van der Waals surface area contributed by atoms with E-state index in [1.54, 1.807) is 6.92 Å². The summed E-state index contributed by atoms with van der Waals surface area (Å²) in [5, 5.41) is 10.1. The molecule has 0 bridgehead atoms. The maximum Gasteiger partial charge on any atom is 0.155 e. The Hall–Kier alpha value is -0.940. The van der Waals surface area contributed by atoms with E-state index < -0.39 is 26.5 Å². The lowest BCUT2D eigenvalue weighted by Crippen LogP contribution is -2.37. The molecule has 1 aromatic carbocycles. The molecule has 1 rings (SSSR count). The predicted octanol–water partition coefficient (Wildman–Crippen LogP) is 1.99. The van der Waals surface area contributed by atoms with Crippen molar-refractivity contribution in [3.8, 4) is 0 Å². The van der Waals surface area contributed by atoms with Gasteiger partial charge < -0.3 is 5.11 Å². The number of hydrogen-bond donors (Lipinski definition) is 1. The lowest BCUT2D eigenvalue weighted by atomic mass is 9.97. The zero-order chi connectivity index (χ0) is 13.4. The van der Waals surface area contributed by atoms with Crippen LogP contribution in [0.2, 0.25) is 0 Å². The minimum Gasteiger partial charge on any atom is -0.387 e. The van der Waals surface area contributed by atoms with Gasteiger partial charge in [0.1, 0.15) is 5.82 Å². The minimum absolute atomic E-state index is 0.267. The van der Waals surface area contributed by atoms with Crippen molar-refractivity contribution in [3.63, 3.8) is 0 Å². The zero-order valence-electron chi connectivity index (χ0n) is 10.4. The maximum atomic E-state index is 13.4. The van der Waals surface area contributed by atoms with E-state index in [2.05, 4.69) is 0 Å². The van der Waals surface area contributed by atoms with Crippen LogP contribution in [0.15, 0.2) is 18.2 Å². The van der Waals surface area contributed by atoms with Gasteiger partial charge in [0.25, 0.3) is 0 Å². The molecule has 1 N–H and O–H groups in total. The van der Waals surface area contributed by atoms with Crippen LogP contribution >= 0.6 is 0 Å². The lowest BCUT2D eigenvalue weighted by molar-refractivity contribution is 0.139. The van der Waals surface area contributed by atoms with Crippen LogP contribution in [0.25, 0.3) is 0 Å². The molecule has 0 aliphatic carbocycles. The molecule has 5 heteroatoms. The number of rotatable bonds is 3. The molecular formula is C12H17FO3S. The van der Waals surface area contributed by atoms with Crippen LogP contribution in [0.3, 0.4) is 0 Å². The Balaban J connectivity index is 3.21. The molecule has 0 aromatic heterocycles. The van der Waals surface area contributed by atoms with E-state index in [0.29, 0.717) is 5.56 Å². The molecule has 0 aliphatic rings.